The van der Waals surface area contributed by atoms with E-state index in [1.54, 1.807) is 19.1 Å². The molecule has 0 atom stereocenters. The third-order valence-corrected chi connectivity index (χ3v) is 4.55. The van der Waals surface area contributed by atoms with Crippen LogP contribution in [0.2, 0.25) is 0 Å². The molecule has 0 radical (unpaired) electrons. The second kappa shape index (κ2) is 5.82. The van der Waals surface area contributed by atoms with Crippen molar-refractivity contribution >= 4 is 0 Å². The zero-order valence-electron chi connectivity index (χ0n) is 12.8. The maximum atomic E-state index is 13.4. The van der Waals surface area contributed by atoms with Crippen LogP contribution in [-0.2, 0) is 6.54 Å². The third-order valence-electron chi connectivity index (χ3n) is 4.55. The molecule has 0 bridgehead atoms. The van der Waals surface area contributed by atoms with E-state index in [4.69, 9.17) is 0 Å². The van der Waals surface area contributed by atoms with E-state index in [0.29, 0.717) is 24.1 Å². The lowest BCUT2D eigenvalue weighted by molar-refractivity contribution is -0.0245. The fraction of sp³-hybridized carbons (Fsp3) is 0.647. The van der Waals surface area contributed by atoms with Crippen molar-refractivity contribution in [2.45, 2.75) is 58.6 Å². The molecule has 112 valence electrons. The van der Waals surface area contributed by atoms with Crippen molar-refractivity contribution in [3.05, 3.63) is 35.1 Å². The molecule has 0 spiro atoms. The van der Waals surface area contributed by atoms with Gasteiger partial charge in [0.15, 0.2) is 0 Å². The molecule has 0 heterocycles. The fourth-order valence-corrected chi connectivity index (χ4v) is 2.75. The fourth-order valence-electron chi connectivity index (χ4n) is 2.75. The van der Waals surface area contributed by atoms with Crippen LogP contribution in [0, 0.1) is 18.2 Å². The Bertz CT molecular complexity index is 460. The molecule has 20 heavy (non-hydrogen) atoms. The molecule has 1 aliphatic carbocycles. The zero-order valence-corrected chi connectivity index (χ0v) is 12.8. The van der Waals surface area contributed by atoms with Crippen LogP contribution >= 0.6 is 0 Å². The van der Waals surface area contributed by atoms with Crippen molar-refractivity contribution in [2.75, 3.05) is 6.54 Å². The van der Waals surface area contributed by atoms with Crippen LogP contribution in [0.1, 0.15) is 50.7 Å². The summed E-state index contributed by atoms with van der Waals surface area (Å²) in [6.07, 6.45) is 3.80. The summed E-state index contributed by atoms with van der Waals surface area (Å²) in [5, 5.41) is 13.8. The molecule has 1 fully saturated rings. The summed E-state index contributed by atoms with van der Waals surface area (Å²) in [4.78, 5) is 0. The van der Waals surface area contributed by atoms with E-state index in [-0.39, 0.29) is 5.82 Å². The number of benzene rings is 1. The van der Waals surface area contributed by atoms with E-state index in [2.05, 4.69) is 19.2 Å². The summed E-state index contributed by atoms with van der Waals surface area (Å²) in [6, 6.07) is 5.29. The van der Waals surface area contributed by atoms with Gasteiger partial charge < -0.3 is 10.4 Å². The first-order valence-electron chi connectivity index (χ1n) is 7.48. The molecule has 1 aromatic carbocycles. The van der Waals surface area contributed by atoms with Crippen LogP contribution in [0.5, 0.6) is 0 Å². The molecule has 3 heteroatoms. The molecule has 2 rings (SSSR count). The van der Waals surface area contributed by atoms with E-state index >= 15 is 0 Å². The van der Waals surface area contributed by atoms with Crippen molar-refractivity contribution in [3.63, 3.8) is 0 Å². The minimum absolute atomic E-state index is 0.164. The van der Waals surface area contributed by atoms with Crippen LogP contribution in [0.3, 0.4) is 0 Å². The quantitative estimate of drug-likeness (QED) is 0.883. The Hall–Kier alpha value is -0.930. The normalized spacial score (nSPS) is 20.9. The second-order valence-corrected chi connectivity index (χ2v) is 7.08. The lowest BCUT2D eigenvalue weighted by atomic mass is 9.71. The minimum atomic E-state index is -0.598. The summed E-state index contributed by atoms with van der Waals surface area (Å²) in [7, 11) is 0. The molecule has 0 aliphatic heterocycles. The highest BCUT2D eigenvalue weighted by molar-refractivity contribution is 5.23. The number of halogens is 1. The van der Waals surface area contributed by atoms with E-state index in [1.165, 1.54) is 0 Å². The first kappa shape index (κ1) is 15.5. The third kappa shape index (κ3) is 4.03. The monoisotopic (exact) mass is 279 g/mol. The predicted molar refractivity (Wildman–Crippen MR) is 80.0 cm³/mol. The average molecular weight is 279 g/mol. The van der Waals surface area contributed by atoms with Gasteiger partial charge in [0.1, 0.15) is 5.82 Å². The predicted octanol–water partition coefficient (Wildman–Crippen LogP) is 3.56. The average Bonchev–Trinajstić information content (AvgIpc) is 2.38. The van der Waals surface area contributed by atoms with Gasteiger partial charge in [-0.1, -0.05) is 26.0 Å². The van der Waals surface area contributed by atoms with E-state index in [0.717, 1.165) is 31.2 Å². The highest BCUT2D eigenvalue weighted by Gasteiger charge is 2.36. The van der Waals surface area contributed by atoms with Crippen molar-refractivity contribution in [1.29, 1.82) is 0 Å². The summed E-state index contributed by atoms with van der Waals surface area (Å²) in [5.74, 6) is -0.164. The molecule has 2 N–H and O–H groups in total. The molecule has 1 saturated carbocycles. The second-order valence-electron chi connectivity index (χ2n) is 7.08. The molecular weight excluding hydrogens is 253 g/mol. The highest BCUT2D eigenvalue weighted by Crippen LogP contribution is 2.39. The van der Waals surface area contributed by atoms with Gasteiger partial charge in [-0.2, -0.15) is 0 Å². The Balaban J connectivity index is 1.82. The Labute approximate surface area is 121 Å². The summed E-state index contributed by atoms with van der Waals surface area (Å²) < 4.78 is 13.4. The van der Waals surface area contributed by atoms with Crippen LogP contribution in [0.15, 0.2) is 18.2 Å². The molecule has 0 unspecified atom stereocenters. The van der Waals surface area contributed by atoms with Gasteiger partial charge in [0.2, 0.25) is 0 Å². The van der Waals surface area contributed by atoms with E-state index in [9.17, 15) is 9.50 Å². The van der Waals surface area contributed by atoms with Gasteiger partial charge >= 0.3 is 0 Å². The molecule has 1 aromatic rings. The Morgan fingerprint density at radius 3 is 2.45 bits per heavy atom. The Morgan fingerprint density at radius 2 is 1.85 bits per heavy atom. The van der Waals surface area contributed by atoms with Gasteiger partial charge in [-0.05, 0) is 55.2 Å². The van der Waals surface area contributed by atoms with Crippen LogP contribution in [0.4, 0.5) is 4.39 Å². The van der Waals surface area contributed by atoms with Crippen LogP contribution < -0.4 is 5.32 Å². The maximum absolute atomic E-state index is 13.4. The lowest BCUT2D eigenvalue weighted by Gasteiger charge is -2.40. The summed E-state index contributed by atoms with van der Waals surface area (Å²) in [6.45, 7) is 7.46. The number of rotatable bonds is 4. The molecule has 0 amide bonds. The molecular formula is C17H26FNO. The van der Waals surface area contributed by atoms with Crippen molar-refractivity contribution < 1.29 is 9.50 Å². The number of aryl methyl sites for hydroxylation is 1. The Kier molecular flexibility index (Phi) is 4.50. The lowest BCUT2D eigenvalue weighted by Crippen LogP contribution is -2.44. The standard InChI is InChI=1S/C17H26FNO/c1-13-4-5-14(10-15(13)18)11-19-12-17(20)8-6-16(2,3)7-9-17/h4-5,10,19-20H,6-9,11-12H2,1-3H3. The summed E-state index contributed by atoms with van der Waals surface area (Å²) in [5.41, 5.74) is 1.35. The minimum Gasteiger partial charge on any atom is -0.389 e. The van der Waals surface area contributed by atoms with Gasteiger partial charge in [-0.25, -0.2) is 4.39 Å². The first-order chi connectivity index (χ1) is 9.30. The largest absolute Gasteiger partial charge is 0.389 e. The van der Waals surface area contributed by atoms with Crippen LogP contribution in [0.25, 0.3) is 0 Å². The number of hydrogen-bond donors (Lipinski definition) is 2. The van der Waals surface area contributed by atoms with Gasteiger partial charge in [0.25, 0.3) is 0 Å². The van der Waals surface area contributed by atoms with Gasteiger partial charge in [0, 0.05) is 13.1 Å². The van der Waals surface area contributed by atoms with Crippen molar-refractivity contribution in [3.8, 4) is 0 Å². The molecule has 1 aliphatic rings. The van der Waals surface area contributed by atoms with E-state index in [1.807, 2.05) is 6.07 Å². The number of aliphatic hydroxyl groups is 1. The smallest absolute Gasteiger partial charge is 0.126 e. The van der Waals surface area contributed by atoms with E-state index < -0.39 is 5.60 Å². The highest BCUT2D eigenvalue weighted by atomic mass is 19.1. The SMILES string of the molecule is Cc1ccc(CNCC2(O)CCC(C)(C)CC2)cc1F. The van der Waals surface area contributed by atoms with Gasteiger partial charge in [-0.3, -0.25) is 0 Å². The van der Waals surface area contributed by atoms with Crippen LogP contribution in [-0.4, -0.2) is 17.3 Å². The number of hydrogen-bond acceptors (Lipinski definition) is 2. The summed E-state index contributed by atoms with van der Waals surface area (Å²) >= 11 is 0. The van der Waals surface area contributed by atoms with Gasteiger partial charge in [0.05, 0.1) is 5.60 Å². The maximum Gasteiger partial charge on any atom is 0.126 e. The van der Waals surface area contributed by atoms with Gasteiger partial charge in [-0.15, -0.1) is 0 Å². The van der Waals surface area contributed by atoms with Crippen molar-refractivity contribution in [2.24, 2.45) is 5.41 Å². The topological polar surface area (TPSA) is 32.3 Å². The number of nitrogens with one attached hydrogen (secondary N) is 1. The molecule has 0 saturated heterocycles. The molecule has 2 nitrogen and oxygen atoms in total. The van der Waals surface area contributed by atoms with Crippen molar-refractivity contribution in [1.82, 2.24) is 5.32 Å². The first-order valence-corrected chi connectivity index (χ1v) is 7.48. The molecule has 0 aromatic heterocycles. The Morgan fingerprint density at radius 1 is 1.20 bits per heavy atom. The zero-order chi connectivity index (χ0) is 14.8.